The Bertz CT molecular complexity index is 860. The molecule has 0 N–H and O–H groups in total. The maximum Gasteiger partial charge on any atom is 0.227 e. The topological polar surface area (TPSA) is 80.2 Å². The number of hydrogen-bond donors (Lipinski definition) is 0. The lowest BCUT2D eigenvalue weighted by Crippen LogP contribution is -2.40. The first-order valence-electron chi connectivity index (χ1n) is 8.20. The van der Waals surface area contributed by atoms with E-state index in [-0.39, 0.29) is 16.0 Å². The van der Waals surface area contributed by atoms with Crippen molar-refractivity contribution in [3.8, 4) is 0 Å². The number of rotatable bonds is 4. The number of aryl methyl sites for hydroxylation is 1. The zero-order valence-electron chi connectivity index (χ0n) is 14.3. The zero-order valence-corrected chi connectivity index (χ0v) is 15.9. The van der Waals surface area contributed by atoms with Crippen molar-refractivity contribution in [2.24, 2.45) is 0 Å². The summed E-state index contributed by atoms with van der Waals surface area (Å²) in [6, 6.07) is 7.95. The molecule has 1 aliphatic rings. The van der Waals surface area contributed by atoms with Crippen LogP contribution in [0.1, 0.15) is 35.6 Å². The largest absolute Gasteiger partial charge is 0.342 e. The average molecular weight is 380 g/mol. The number of benzene rings is 1. The van der Waals surface area contributed by atoms with Gasteiger partial charge in [0.15, 0.2) is 14.0 Å². The van der Waals surface area contributed by atoms with Gasteiger partial charge in [0.05, 0.1) is 12.1 Å². The van der Waals surface area contributed by atoms with Gasteiger partial charge in [0.1, 0.15) is 0 Å². The molecule has 1 saturated heterocycles. The fourth-order valence-electron chi connectivity index (χ4n) is 3.11. The first-order valence-corrected chi connectivity index (χ1v) is 10.9. The Morgan fingerprint density at radius 3 is 2.72 bits per heavy atom. The van der Waals surface area contributed by atoms with Crippen LogP contribution in [-0.2, 0) is 21.1 Å². The van der Waals surface area contributed by atoms with Crippen LogP contribution in [0.4, 0.5) is 0 Å². The molecule has 0 bridgehead atoms. The summed E-state index contributed by atoms with van der Waals surface area (Å²) in [4.78, 5) is 14.4. The number of sulfone groups is 1. The minimum absolute atomic E-state index is 0.0673. The molecule has 0 radical (unpaired) electrons. The van der Waals surface area contributed by atoms with E-state index in [1.165, 1.54) is 11.8 Å². The lowest BCUT2D eigenvalue weighted by atomic mass is 9.95. The summed E-state index contributed by atoms with van der Waals surface area (Å²) in [5, 5.41) is 4.05. The minimum Gasteiger partial charge on any atom is -0.342 e. The summed E-state index contributed by atoms with van der Waals surface area (Å²) in [7, 11) is -3.34. The van der Waals surface area contributed by atoms with Gasteiger partial charge in [-0.25, -0.2) is 8.42 Å². The Balaban J connectivity index is 1.72. The Morgan fingerprint density at radius 1 is 1.32 bits per heavy atom. The second-order valence-corrected chi connectivity index (χ2v) is 9.52. The van der Waals surface area contributed by atoms with Gasteiger partial charge in [-0.3, -0.25) is 4.79 Å². The van der Waals surface area contributed by atoms with E-state index in [2.05, 4.69) is 9.59 Å². The fourth-order valence-corrected chi connectivity index (χ4v) is 4.85. The van der Waals surface area contributed by atoms with E-state index in [0.29, 0.717) is 25.2 Å². The number of piperidine rings is 1. The molecule has 0 spiro atoms. The molecular formula is C17H21N3O3S2. The number of carbonyl (C=O) groups is 1. The van der Waals surface area contributed by atoms with Crippen LogP contribution in [0.2, 0.25) is 0 Å². The molecule has 1 fully saturated rings. The van der Waals surface area contributed by atoms with Crippen molar-refractivity contribution in [3.63, 3.8) is 0 Å². The molecule has 2 heterocycles. The summed E-state index contributed by atoms with van der Waals surface area (Å²) in [6.45, 7) is 3.22. The van der Waals surface area contributed by atoms with Gasteiger partial charge in [-0.2, -0.15) is 0 Å². The molecule has 1 unspecified atom stereocenters. The normalized spacial score (nSPS) is 18.3. The predicted octanol–water partition coefficient (Wildman–Crippen LogP) is 2.20. The number of carbonyl (C=O) groups excluding carboxylic acids is 1. The van der Waals surface area contributed by atoms with Gasteiger partial charge in [-0.05, 0) is 25.3 Å². The van der Waals surface area contributed by atoms with Crippen LogP contribution in [0, 0.1) is 6.92 Å². The molecule has 1 amide bonds. The van der Waals surface area contributed by atoms with Crippen molar-refractivity contribution in [2.45, 2.75) is 36.3 Å². The van der Waals surface area contributed by atoms with Gasteiger partial charge in [0.2, 0.25) is 5.91 Å². The van der Waals surface area contributed by atoms with E-state index < -0.39 is 9.84 Å². The molecule has 2 aromatic rings. The standard InChI is InChI=1S/C17H21N3O3S2/c1-12-5-7-13(8-6-12)10-15(21)20-9-3-4-14(11-20)16-17(24-19-18-16)25(2,22)23/h5-8,14H,3-4,9-11H2,1-2H3. The summed E-state index contributed by atoms with van der Waals surface area (Å²) in [6.07, 6.45) is 3.20. The van der Waals surface area contributed by atoms with Crippen molar-refractivity contribution < 1.29 is 13.2 Å². The van der Waals surface area contributed by atoms with Crippen molar-refractivity contribution in [2.75, 3.05) is 19.3 Å². The molecule has 25 heavy (non-hydrogen) atoms. The first-order chi connectivity index (χ1) is 11.8. The van der Waals surface area contributed by atoms with Crippen LogP contribution in [0.3, 0.4) is 0 Å². The van der Waals surface area contributed by atoms with Gasteiger partial charge >= 0.3 is 0 Å². The second-order valence-electron chi connectivity index (χ2n) is 6.56. The number of hydrogen-bond acceptors (Lipinski definition) is 6. The highest BCUT2D eigenvalue weighted by molar-refractivity contribution is 7.92. The lowest BCUT2D eigenvalue weighted by Gasteiger charge is -2.32. The van der Waals surface area contributed by atoms with Crippen molar-refractivity contribution in [1.29, 1.82) is 0 Å². The summed E-state index contributed by atoms with van der Waals surface area (Å²) in [5.41, 5.74) is 2.67. The molecule has 1 aromatic carbocycles. The van der Waals surface area contributed by atoms with Crippen molar-refractivity contribution >= 4 is 27.3 Å². The van der Waals surface area contributed by atoms with E-state index in [1.807, 2.05) is 36.1 Å². The third-order valence-corrected chi connectivity index (χ3v) is 7.01. The first kappa shape index (κ1) is 18.0. The highest BCUT2D eigenvalue weighted by atomic mass is 32.2. The number of amides is 1. The Hall–Kier alpha value is -1.80. The van der Waals surface area contributed by atoms with Crippen LogP contribution in [-0.4, -0.2) is 48.2 Å². The maximum absolute atomic E-state index is 12.6. The molecular weight excluding hydrogens is 358 g/mol. The van der Waals surface area contributed by atoms with Crippen molar-refractivity contribution in [3.05, 3.63) is 41.1 Å². The molecule has 0 aliphatic carbocycles. The van der Waals surface area contributed by atoms with Crippen LogP contribution in [0.15, 0.2) is 28.5 Å². The molecule has 0 saturated carbocycles. The Kier molecular flexibility index (Phi) is 5.19. The van der Waals surface area contributed by atoms with E-state index in [4.69, 9.17) is 0 Å². The van der Waals surface area contributed by atoms with Crippen LogP contribution in [0.5, 0.6) is 0 Å². The molecule has 6 nitrogen and oxygen atoms in total. The SMILES string of the molecule is Cc1ccc(CC(=O)N2CCCC(c3nnsc3S(C)(=O)=O)C2)cc1. The van der Waals surface area contributed by atoms with Gasteiger partial charge in [0.25, 0.3) is 0 Å². The predicted molar refractivity (Wildman–Crippen MR) is 96.5 cm³/mol. The van der Waals surface area contributed by atoms with Gasteiger partial charge in [-0.15, -0.1) is 5.10 Å². The van der Waals surface area contributed by atoms with Gasteiger partial charge in [-0.1, -0.05) is 34.3 Å². The van der Waals surface area contributed by atoms with Crippen LogP contribution in [0.25, 0.3) is 0 Å². The highest BCUT2D eigenvalue weighted by Crippen LogP contribution is 2.31. The van der Waals surface area contributed by atoms with E-state index in [0.717, 1.165) is 29.9 Å². The zero-order chi connectivity index (χ0) is 18.0. The third-order valence-electron chi connectivity index (χ3n) is 4.45. The molecule has 1 atom stereocenters. The number of likely N-dealkylation sites (tertiary alicyclic amines) is 1. The van der Waals surface area contributed by atoms with Gasteiger partial charge < -0.3 is 4.90 Å². The van der Waals surface area contributed by atoms with Crippen LogP contribution < -0.4 is 0 Å². The van der Waals surface area contributed by atoms with Crippen LogP contribution >= 0.6 is 11.5 Å². The van der Waals surface area contributed by atoms with E-state index >= 15 is 0 Å². The summed E-state index contributed by atoms with van der Waals surface area (Å²) in [5.74, 6) is -0.00293. The molecule has 3 rings (SSSR count). The lowest BCUT2D eigenvalue weighted by molar-refractivity contribution is -0.131. The quantitative estimate of drug-likeness (QED) is 0.813. The Labute approximate surface area is 152 Å². The second kappa shape index (κ2) is 7.21. The number of aromatic nitrogens is 2. The molecule has 1 aromatic heterocycles. The summed E-state index contributed by atoms with van der Waals surface area (Å²) >= 11 is 0.911. The average Bonchev–Trinajstić information content (AvgIpc) is 3.07. The van der Waals surface area contributed by atoms with Crippen molar-refractivity contribution in [1.82, 2.24) is 14.5 Å². The molecule has 8 heteroatoms. The fraction of sp³-hybridized carbons (Fsp3) is 0.471. The van der Waals surface area contributed by atoms with E-state index in [9.17, 15) is 13.2 Å². The van der Waals surface area contributed by atoms with Gasteiger partial charge in [0, 0.05) is 36.8 Å². The summed E-state index contributed by atoms with van der Waals surface area (Å²) < 4.78 is 27.8. The maximum atomic E-state index is 12.6. The molecule has 134 valence electrons. The number of nitrogens with zero attached hydrogens (tertiary/aromatic N) is 3. The van der Waals surface area contributed by atoms with E-state index in [1.54, 1.807) is 0 Å². The minimum atomic E-state index is -3.34. The monoisotopic (exact) mass is 379 g/mol. The third kappa shape index (κ3) is 4.24. The molecule has 1 aliphatic heterocycles. The smallest absolute Gasteiger partial charge is 0.227 e. The Morgan fingerprint density at radius 2 is 2.04 bits per heavy atom. The highest BCUT2D eigenvalue weighted by Gasteiger charge is 2.31.